The third-order valence-electron chi connectivity index (χ3n) is 24.7. The first-order chi connectivity index (χ1) is 56.8. The molecule has 18 rings (SSSR count). The molecular weight excluding hydrogens is 1570 g/mol. The molecular formula is C88H99Cl2N13O16-2. The van der Waals surface area contributed by atoms with Crippen LogP contribution in [-0.4, -0.2) is 241 Å². The summed E-state index contributed by atoms with van der Waals surface area (Å²) in [5.41, 5.74) is 15.0. The fraction of sp³-hybridized carbons (Fsp3) is 0.420. The number of urea groups is 3. The Morgan fingerprint density at radius 1 is 0.420 bits per heavy atom. The van der Waals surface area contributed by atoms with E-state index in [-0.39, 0.29) is 72.4 Å². The number of carbonyl (C=O) groups is 9. The van der Waals surface area contributed by atoms with Gasteiger partial charge >= 0.3 is 18.1 Å². The average Bonchev–Trinajstić information content (AvgIpc) is 1.59. The van der Waals surface area contributed by atoms with Gasteiger partial charge in [0, 0.05) is 187 Å². The van der Waals surface area contributed by atoms with Crippen molar-refractivity contribution in [1.82, 2.24) is 64.1 Å². The Hall–Kier alpha value is -11.1. The van der Waals surface area contributed by atoms with Gasteiger partial charge in [-0.25, -0.2) is 19.9 Å². The molecule has 31 heteroatoms. The Morgan fingerprint density at radius 2 is 0.731 bits per heavy atom. The second-order valence-electron chi connectivity index (χ2n) is 31.6. The molecule has 6 saturated heterocycles. The van der Waals surface area contributed by atoms with Crippen molar-refractivity contribution in [2.45, 2.75) is 95.5 Å². The van der Waals surface area contributed by atoms with E-state index in [1.165, 1.54) is 14.7 Å². The number of imide groups is 3. The smallest absolute Gasteiger partial charge is 0.326 e. The quantitative estimate of drug-likeness (QED) is 0.0591. The maximum absolute atomic E-state index is 13.3. The second-order valence-corrected chi connectivity index (χ2v) is 31.6. The number of hydrogen-bond donors (Lipinski definition) is 4. The fourth-order valence-electron chi connectivity index (χ4n) is 18.1. The summed E-state index contributed by atoms with van der Waals surface area (Å²) in [5.74, 6) is 0.935. The van der Waals surface area contributed by atoms with Crippen molar-refractivity contribution in [3.8, 4) is 17.2 Å². The summed E-state index contributed by atoms with van der Waals surface area (Å²) in [4.78, 5) is 125. The first-order valence-electron chi connectivity index (χ1n) is 40.5. The summed E-state index contributed by atoms with van der Waals surface area (Å²) in [6.07, 6.45) is 6.27. The maximum Gasteiger partial charge on any atom is 0.326 e. The summed E-state index contributed by atoms with van der Waals surface area (Å²) in [7, 11) is 7.89. The zero-order valence-corrected chi connectivity index (χ0v) is 68.9. The number of morpholine rings is 1. The van der Waals surface area contributed by atoms with Crippen LogP contribution in [0.2, 0.25) is 0 Å². The van der Waals surface area contributed by atoms with Crippen LogP contribution in [0.15, 0.2) is 127 Å². The molecule has 9 aliphatic heterocycles. The lowest BCUT2D eigenvalue weighted by atomic mass is 9.89. The van der Waals surface area contributed by atoms with E-state index in [1.54, 1.807) is 67.6 Å². The zero-order chi connectivity index (χ0) is 81.3. The third-order valence-corrected chi connectivity index (χ3v) is 24.7. The number of ether oxygens (including phenoxy) is 6. The van der Waals surface area contributed by atoms with Gasteiger partial charge < -0.3 is 92.3 Å². The molecule has 3 aromatic heterocycles. The van der Waals surface area contributed by atoms with Crippen LogP contribution < -0.4 is 55.1 Å². The molecule has 0 radical (unpaired) electrons. The van der Waals surface area contributed by atoms with E-state index in [1.807, 2.05) is 103 Å². The molecule has 628 valence electrons. The van der Waals surface area contributed by atoms with E-state index < -0.39 is 23.7 Å². The number of nitrogens with one attached hydrogen (secondary N) is 3. The van der Waals surface area contributed by atoms with Gasteiger partial charge in [-0.15, -0.1) is 0 Å². The summed E-state index contributed by atoms with van der Waals surface area (Å²) in [5, 5.41) is 17.2. The molecule has 0 aliphatic carbocycles. The van der Waals surface area contributed by atoms with Crippen molar-refractivity contribution in [2.75, 3.05) is 134 Å². The van der Waals surface area contributed by atoms with Gasteiger partial charge in [0.15, 0.2) is 0 Å². The molecule has 9 aromatic rings. The lowest BCUT2D eigenvalue weighted by Gasteiger charge is -2.41. The summed E-state index contributed by atoms with van der Waals surface area (Å²) >= 11 is 0. The number of fused-ring (bicyclic) bond motifs is 18. The standard InChI is InChI=1S/C30H34N4O5.C29H33N5O5.C29H32N4O6.2ClH/c1-31-28(35)21-5-3-20(4-6-21)16-34-25-8-7-22(39-14-11-19-9-12-38-13-10-19)15-23(25)27-24-17-33(18-26(27)34)30(37)32(2)29(24)36;1-30-27(35)20-5-3-19(4-6-20)16-34-24-8-7-21(39-14-11-32-9-12-38-13-10-32)15-22(24)26-23-17-33(18-25(26)34)29(37)31(2)28(23)36;1-31-28(35)23-16-32(29(31)36)17-25-26(23)22-14-21(39-13-10-18-8-11-38-12-9-18)6-7-24(22)33(25)15-19-2-4-20(5-3-19)27(34)30-37;;/h3-8,15,19,24H,9-14,16-18H2,1-2H3,(H,31,35);3-8,15,23H,9-14,16-18H2,1-2H3,(H,30,35);2-7,14,18,23,37H,8-13,15-17H2,1H3,(H,30,34);2*1H/p-2/t24-;;23-;;/m1.0../s1. The maximum atomic E-state index is 13.3. The van der Waals surface area contributed by atoms with Crippen LogP contribution in [0.25, 0.3) is 32.7 Å². The van der Waals surface area contributed by atoms with E-state index in [9.17, 15) is 43.2 Å². The fourth-order valence-corrected chi connectivity index (χ4v) is 18.1. The third kappa shape index (κ3) is 17.2. The van der Waals surface area contributed by atoms with E-state index >= 15 is 0 Å². The van der Waals surface area contributed by atoms with Crippen molar-refractivity contribution in [3.05, 3.63) is 195 Å². The highest BCUT2D eigenvalue weighted by atomic mass is 35.5. The van der Waals surface area contributed by atoms with Crippen molar-refractivity contribution in [1.29, 1.82) is 0 Å². The van der Waals surface area contributed by atoms with Gasteiger partial charge in [-0.05, 0) is 175 Å². The first kappa shape index (κ1) is 84.4. The highest BCUT2D eigenvalue weighted by Crippen LogP contribution is 2.46. The zero-order valence-electron chi connectivity index (χ0n) is 67.4. The van der Waals surface area contributed by atoms with Crippen LogP contribution in [0.4, 0.5) is 14.4 Å². The Kier molecular flexibility index (Phi) is 26.0. The number of rotatable bonds is 21. The largest absolute Gasteiger partial charge is 1.00 e. The predicted octanol–water partition coefficient (Wildman–Crippen LogP) is 3.49. The van der Waals surface area contributed by atoms with E-state index in [0.29, 0.717) is 107 Å². The van der Waals surface area contributed by atoms with Crippen LogP contribution in [0.5, 0.6) is 17.2 Å². The number of carbonyl (C=O) groups excluding carboxylic acids is 9. The minimum Gasteiger partial charge on any atom is -1.00 e. The number of hydrogen-bond acceptors (Lipinski definition) is 17. The van der Waals surface area contributed by atoms with E-state index in [4.69, 9.17) is 33.6 Å². The van der Waals surface area contributed by atoms with Crippen molar-refractivity contribution in [3.63, 3.8) is 0 Å². The van der Waals surface area contributed by atoms with Gasteiger partial charge in [0.1, 0.15) is 23.9 Å². The Bertz CT molecular complexity index is 4810. The molecule has 6 fully saturated rings. The number of amides is 12. The van der Waals surface area contributed by atoms with Gasteiger partial charge in [0.25, 0.3) is 17.7 Å². The molecule has 12 amide bonds. The molecule has 1 unspecified atom stereocenters. The minimum absolute atomic E-state index is 0. The van der Waals surface area contributed by atoms with Crippen molar-refractivity contribution < 1.29 is 102 Å². The molecule has 9 aliphatic rings. The first-order valence-corrected chi connectivity index (χ1v) is 40.5. The molecule has 3 atom stereocenters. The topological polar surface area (TPSA) is 303 Å². The highest BCUT2D eigenvalue weighted by molar-refractivity contribution is 6.07. The lowest BCUT2D eigenvalue weighted by Crippen LogP contribution is -3.00. The van der Waals surface area contributed by atoms with Crippen LogP contribution in [-0.2, 0) is 67.9 Å². The van der Waals surface area contributed by atoms with E-state index in [2.05, 4.69) is 41.4 Å². The molecule has 12 heterocycles. The number of nitrogens with zero attached hydrogens (tertiary/aromatic N) is 10. The van der Waals surface area contributed by atoms with Crippen LogP contribution in [0, 0.1) is 11.8 Å². The van der Waals surface area contributed by atoms with Gasteiger partial charge in [0.05, 0.1) is 63.8 Å². The summed E-state index contributed by atoms with van der Waals surface area (Å²) in [6.45, 7) is 13.3. The molecule has 6 bridgehead atoms. The highest BCUT2D eigenvalue weighted by Gasteiger charge is 2.48. The molecule has 0 spiro atoms. The molecule has 0 saturated carbocycles. The minimum atomic E-state index is -0.573. The molecule has 29 nitrogen and oxygen atoms in total. The molecule has 4 N–H and O–H groups in total. The van der Waals surface area contributed by atoms with Crippen LogP contribution in [0.1, 0.15) is 138 Å². The van der Waals surface area contributed by atoms with Gasteiger partial charge in [0.2, 0.25) is 17.7 Å². The lowest BCUT2D eigenvalue weighted by molar-refractivity contribution is -0.133. The normalized spacial score (nSPS) is 19.1. The van der Waals surface area contributed by atoms with Crippen molar-refractivity contribution in [2.24, 2.45) is 11.8 Å². The number of benzene rings is 6. The monoisotopic (exact) mass is 1660 g/mol. The predicted molar refractivity (Wildman–Crippen MR) is 432 cm³/mol. The summed E-state index contributed by atoms with van der Waals surface area (Å²) in [6, 6.07) is 39.4. The number of likely N-dealkylation sites (N-methyl/N-ethyl adjacent to an activating group) is 3. The van der Waals surface area contributed by atoms with E-state index in [0.717, 1.165) is 198 Å². The van der Waals surface area contributed by atoms with Crippen LogP contribution >= 0.6 is 0 Å². The van der Waals surface area contributed by atoms with Crippen LogP contribution in [0.3, 0.4) is 0 Å². The Balaban J connectivity index is 0.000000145. The Labute approximate surface area is 701 Å². The van der Waals surface area contributed by atoms with Crippen molar-refractivity contribution >= 4 is 86.2 Å². The number of aromatic nitrogens is 3. The van der Waals surface area contributed by atoms with Gasteiger partial charge in [-0.3, -0.25) is 53.6 Å². The van der Waals surface area contributed by atoms with Gasteiger partial charge in [-0.2, -0.15) is 0 Å². The number of halogens is 2. The number of hydroxylamine groups is 1. The average molecular weight is 1670 g/mol. The van der Waals surface area contributed by atoms with Gasteiger partial charge in [-0.1, -0.05) is 36.4 Å². The SMILES string of the molecule is CN1C(=O)[C@H]2CN(Cc3c2c2cc(OCCC4CCOCC4)ccc2n3Cc2ccc(C(=O)NO)cc2)C1=O.CNC(=O)c1ccc(Cn2c3c(c4cc(OCCC5CCOCC5)ccc42)[C@H]2CN(C3)C(=O)N(C)C2=O)cc1.CNC(=O)c1ccc(Cn2c3c(c4cc(OCCN5CCOCC5)ccc42)C2CN(C3)C(=O)N(C)C2=O)cc1.[Cl-].[Cl-]. The Morgan fingerprint density at radius 3 is 1.05 bits per heavy atom. The second kappa shape index (κ2) is 36.7. The molecule has 119 heavy (non-hydrogen) atoms. The molecule has 6 aromatic carbocycles. The summed E-state index contributed by atoms with van der Waals surface area (Å²) < 4.78 is 41.5.